The Bertz CT molecular complexity index is 450. The number of nitro benzene ring substituents is 1. The van der Waals surface area contributed by atoms with Crippen molar-refractivity contribution in [3.63, 3.8) is 0 Å². The van der Waals surface area contributed by atoms with Gasteiger partial charge in [-0.2, -0.15) is 0 Å². The highest BCUT2D eigenvalue weighted by Crippen LogP contribution is 2.33. The van der Waals surface area contributed by atoms with Crippen LogP contribution in [-0.2, 0) is 0 Å². The van der Waals surface area contributed by atoms with Gasteiger partial charge < -0.3 is 5.32 Å². The molecule has 0 saturated heterocycles. The molecule has 0 amide bonds. The lowest BCUT2D eigenvalue weighted by Crippen LogP contribution is -2.38. The molecule has 0 radical (unpaired) electrons. The SMILES string of the molecule is CCNC1CCCCCCC1Sc1ccc([N+](=O)[O-])cc1. The van der Waals surface area contributed by atoms with Crippen LogP contribution in [0.2, 0.25) is 0 Å². The molecule has 0 aliphatic heterocycles. The monoisotopic (exact) mass is 308 g/mol. The van der Waals surface area contributed by atoms with Gasteiger partial charge in [-0.25, -0.2) is 0 Å². The maximum absolute atomic E-state index is 10.7. The molecule has 1 aliphatic carbocycles. The Hall–Kier alpha value is -1.07. The zero-order valence-corrected chi connectivity index (χ0v) is 13.4. The second kappa shape index (κ2) is 8.39. The maximum Gasteiger partial charge on any atom is 0.269 e. The van der Waals surface area contributed by atoms with Gasteiger partial charge in [-0.3, -0.25) is 10.1 Å². The zero-order valence-electron chi connectivity index (χ0n) is 12.6. The van der Waals surface area contributed by atoms with E-state index in [9.17, 15) is 10.1 Å². The summed E-state index contributed by atoms with van der Waals surface area (Å²) in [6.07, 6.45) is 7.71. The van der Waals surface area contributed by atoms with E-state index in [1.807, 2.05) is 23.9 Å². The first kappa shape index (κ1) is 16.3. The first-order valence-corrected chi connectivity index (χ1v) is 8.73. The third-order valence-corrected chi connectivity index (χ3v) is 5.42. The zero-order chi connectivity index (χ0) is 15.1. The third kappa shape index (κ3) is 5.00. The van der Waals surface area contributed by atoms with Crippen LogP contribution in [-0.4, -0.2) is 22.8 Å². The fourth-order valence-corrected chi connectivity index (χ4v) is 4.23. The Morgan fingerprint density at radius 2 is 1.86 bits per heavy atom. The predicted octanol–water partition coefficient (Wildman–Crippen LogP) is 4.39. The van der Waals surface area contributed by atoms with Crippen LogP contribution < -0.4 is 5.32 Å². The van der Waals surface area contributed by atoms with E-state index in [1.165, 1.54) is 38.5 Å². The van der Waals surface area contributed by atoms with Crippen LogP contribution in [0.25, 0.3) is 0 Å². The number of nitro groups is 1. The van der Waals surface area contributed by atoms with Gasteiger partial charge in [0.1, 0.15) is 0 Å². The van der Waals surface area contributed by atoms with Gasteiger partial charge in [0, 0.05) is 28.3 Å². The van der Waals surface area contributed by atoms with E-state index in [0.29, 0.717) is 11.3 Å². The normalized spacial score (nSPS) is 23.3. The van der Waals surface area contributed by atoms with Crippen molar-refractivity contribution in [1.29, 1.82) is 0 Å². The minimum absolute atomic E-state index is 0.167. The molecule has 1 aromatic rings. The molecule has 1 fully saturated rings. The first-order chi connectivity index (χ1) is 10.2. The number of non-ortho nitro benzene ring substituents is 1. The minimum atomic E-state index is -0.342. The van der Waals surface area contributed by atoms with E-state index in [4.69, 9.17) is 0 Å². The van der Waals surface area contributed by atoms with Crippen molar-refractivity contribution in [2.24, 2.45) is 0 Å². The van der Waals surface area contributed by atoms with Gasteiger partial charge in [-0.05, 0) is 31.5 Å². The van der Waals surface area contributed by atoms with E-state index in [1.54, 1.807) is 12.1 Å². The van der Waals surface area contributed by atoms with Crippen LogP contribution in [0.5, 0.6) is 0 Å². The summed E-state index contributed by atoms with van der Waals surface area (Å²) in [6.45, 7) is 3.16. The quantitative estimate of drug-likeness (QED) is 0.647. The molecule has 21 heavy (non-hydrogen) atoms. The summed E-state index contributed by atoms with van der Waals surface area (Å²) in [5.41, 5.74) is 0.167. The largest absolute Gasteiger partial charge is 0.313 e. The lowest BCUT2D eigenvalue weighted by Gasteiger charge is -2.29. The van der Waals surface area contributed by atoms with Gasteiger partial charge in [0.05, 0.1) is 4.92 Å². The Kier molecular flexibility index (Phi) is 6.51. The van der Waals surface area contributed by atoms with Gasteiger partial charge in [0.25, 0.3) is 5.69 Å². The van der Waals surface area contributed by atoms with Crippen molar-refractivity contribution in [1.82, 2.24) is 5.32 Å². The van der Waals surface area contributed by atoms with Crippen LogP contribution in [0.4, 0.5) is 5.69 Å². The molecule has 5 heteroatoms. The summed E-state index contributed by atoms with van der Waals surface area (Å²) >= 11 is 1.87. The Labute approximate surface area is 130 Å². The lowest BCUT2D eigenvalue weighted by molar-refractivity contribution is -0.384. The Morgan fingerprint density at radius 1 is 1.19 bits per heavy atom. The number of rotatable bonds is 5. The highest BCUT2D eigenvalue weighted by atomic mass is 32.2. The fourth-order valence-electron chi connectivity index (χ4n) is 2.91. The molecule has 1 saturated carbocycles. The summed E-state index contributed by atoms with van der Waals surface area (Å²) in [5, 5.41) is 14.9. The molecule has 116 valence electrons. The summed E-state index contributed by atoms with van der Waals surface area (Å²) in [4.78, 5) is 11.5. The van der Waals surface area contributed by atoms with Crippen molar-refractivity contribution in [3.05, 3.63) is 34.4 Å². The molecule has 2 atom stereocenters. The van der Waals surface area contributed by atoms with Gasteiger partial charge in [-0.15, -0.1) is 11.8 Å². The van der Waals surface area contributed by atoms with E-state index in [2.05, 4.69) is 12.2 Å². The van der Waals surface area contributed by atoms with Gasteiger partial charge in [-0.1, -0.05) is 32.6 Å². The highest BCUT2D eigenvalue weighted by molar-refractivity contribution is 8.00. The molecule has 0 heterocycles. The molecule has 0 spiro atoms. The molecule has 1 aliphatic rings. The van der Waals surface area contributed by atoms with Crippen LogP contribution in [0.15, 0.2) is 29.2 Å². The number of hydrogen-bond acceptors (Lipinski definition) is 4. The standard InChI is InChI=1S/C16H24N2O2S/c1-2-17-15-7-5-3-4-6-8-16(15)21-14-11-9-13(10-12-14)18(19)20/h9-12,15-17H,2-8H2,1H3. The van der Waals surface area contributed by atoms with E-state index in [-0.39, 0.29) is 10.6 Å². The molecular formula is C16H24N2O2S. The molecule has 1 N–H and O–H groups in total. The van der Waals surface area contributed by atoms with Crippen LogP contribution in [0.3, 0.4) is 0 Å². The van der Waals surface area contributed by atoms with E-state index in [0.717, 1.165) is 11.4 Å². The van der Waals surface area contributed by atoms with Gasteiger partial charge in [0.15, 0.2) is 0 Å². The Balaban J connectivity index is 2.03. The average molecular weight is 308 g/mol. The average Bonchev–Trinajstić information content (AvgIpc) is 2.46. The third-order valence-electron chi connectivity index (χ3n) is 4.00. The van der Waals surface area contributed by atoms with Crippen molar-refractivity contribution < 1.29 is 4.92 Å². The molecule has 2 unspecified atom stereocenters. The van der Waals surface area contributed by atoms with Crippen LogP contribution >= 0.6 is 11.8 Å². The second-order valence-corrected chi connectivity index (χ2v) is 6.88. The number of thioether (sulfide) groups is 1. The first-order valence-electron chi connectivity index (χ1n) is 7.85. The summed E-state index contributed by atoms with van der Waals surface area (Å²) in [5.74, 6) is 0. The Morgan fingerprint density at radius 3 is 2.48 bits per heavy atom. The van der Waals surface area contributed by atoms with Crippen molar-refractivity contribution >= 4 is 17.4 Å². The topological polar surface area (TPSA) is 55.2 Å². The van der Waals surface area contributed by atoms with Crippen LogP contribution in [0.1, 0.15) is 45.4 Å². The van der Waals surface area contributed by atoms with Crippen molar-refractivity contribution in [3.8, 4) is 0 Å². The predicted molar refractivity (Wildman–Crippen MR) is 87.9 cm³/mol. The highest BCUT2D eigenvalue weighted by Gasteiger charge is 2.23. The number of hydrogen-bond donors (Lipinski definition) is 1. The molecule has 1 aromatic carbocycles. The minimum Gasteiger partial charge on any atom is -0.313 e. The molecular weight excluding hydrogens is 284 g/mol. The molecule has 0 aromatic heterocycles. The fraction of sp³-hybridized carbons (Fsp3) is 0.625. The van der Waals surface area contributed by atoms with E-state index >= 15 is 0 Å². The second-order valence-electron chi connectivity index (χ2n) is 5.56. The van der Waals surface area contributed by atoms with E-state index < -0.39 is 0 Å². The smallest absolute Gasteiger partial charge is 0.269 e. The molecule has 4 nitrogen and oxygen atoms in total. The van der Waals surface area contributed by atoms with Crippen molar-refractivity contribution in [2.45, 2.75) is 61.6 Å². The maximum atomic E-state index is 10.7. The van der Waals surface area contributed by atoms with Gasteiger partial charge >= 0.3 is 0 Å². The van der Waals surface area contributed by atoms with Gasteiger partial charge in [0.2, 0.25) is 0 Å². The number of benzene rings is 1. The number of nitrogens with one attached hydrogen (secondary N) is 1. The summed E-state index contributed by atoms with van der Waals surface area (Å²) in [7, 11) is 0. The lowest BCUT2D eigenvalue weighted by atomic mass is 9.96. The molecule has 2 rings (SSSR count). The summed E-state index contributed by atoms with van der Waals surface area (Å²) in [6, 6.07) is 7.52. The molecule has 0 bridgehead atoms. The number of nitrogens with zero attached hydrogens (tertiary/aromatic N) is 1. The summed E-state index contributed by atoms with van der Waals surface area (Å²) < 4.78 is 0. The van der Waals surface area contributed by atoms with Crippen molar-refractivity contribution in [2.75, 3.05) is 6.54 Å². The van der Waals surface area contributed by atoms with Crippen LogP contribution in [0, 0.1) is 10.1 Å².